The van der Waals surface area contributed by atoms with E-state index in [4.69, 9.17) is 0 Å². The highest BCUT2D eigenvalue weighted by molar-refractivity contribution is 5.87. The molecule has 1 aromatic carbocycles. The van der Waals surface area contributed by atoms with E-state index in [2.05, 4.69) is 21.8 Å². The van der Waals surface area contributed by atoms with Gasteiger partial charge in [-0.15, -0.1) is 0 Å². The van der Waals surface area contributed by atoms with Crippen LogP contribution in [0.3, 0.4) is 0 Å². The third-order valence-corrected chi connectivity index (χ3v) is 5.53. The summed E-state index contributed by atoms with van der Waals surface area (Å²) in [6, 6.07) is 10.2. The summed E-state index contributed by atoms with van der Waals surface area (Å²) in [4.78, 5) is 27.3. The van der Waals surface area contributed by atoms with Gasteiger partial charge in [0.15, 0.2) is 0 Å². The molecule has 0 N–H and O–H groups in total. The Morgan fingerprint density at radius 1 is 1.07 bits per heavy atom. The SMILES string of the molecule is Cc1c2cnn(CC(=O)N3CCCC3)c(=O)c2c(C)n1Cc1ccccc1. The number of fused-ring (bicyclic) bond motifs is 1. The average molecular weight is 364 g/mol. The van der Waals surface area contributed by atoms with Gasteiger partial charge < -0.3 is 9.47 Å². The van der Waals surface area contributed by atoms with Crippen molar-refractivity contribution >= 4 is 16.7 Å². The van der Waals surface area contributed by atoms with Gasteiger partial charge in [0, 0.05) is 36.4 Å². The first-order valence-electron chi connectivity index (χ1n) is 9.43. The number of hydrogen-bond acceptors (Lipinski definition) is 3. The van der Waals surface area contributed by atoms with Gasteiger partial charge in [-0.25, -0.2) is 4.68 Å². The molecule has 0 spiro atoms. The molecule has 2 aromatic heterocycles. The number of amides is 1. The molecule has 1 aliphatic rings. The second-order valence-electron chi connectivity index (χ2n) is 7.23. The van der Waals surface area contributed by atoms with E-state index >= 15 is 0 Å². The fraction of sp³-hybridized carbons (Fsp3) is 0.381. The lowest BCUT2D eigenvalue weighted by molar-refractivity contribution is -0.131. The van der Waals surface area contributed by atoms with E-state index in [1.54, 1.807) is 6.20 Å². The number of aromatic nitrogens is 3. The van der Waals surface area contributed by atoms with E-state index < -0.39 is 0 Å². The predicted molar refractivity (Wildman–Crippen MR) is 105 cm³/mol. The van der Waals surface area contributed by atoms with E-state index in [-0.39, 0.29) is 18.0 Å². The molecule has 6 nitrogen and oxygen atoms in total. The summed E-state index contributed by atoms with van der Waals surface area (Å²) in [6.07, 6.45) is 3.79. The van der Waals surface area contributed by atoms with Crippen molar-refractivity contribution in [1.82, 2.24) is 19.2 Å². The number of nitrogens with zero attached hydrogens (tertiary/aromatic N) is 4. The fourth-order valence-corrected chi connectivity index (χ4v) is 3.96. The van der Waals surface area contributed by atoms with Crippen molar-refractivity contribution in [1.29, 1.82) is 0 Å². The predicted octanol–water partition coefficient (Wildman–Crippen LogP) is 2.49. The monoisotopic (exact) mass is 364 g/mol. The molecular formula is C21H24N4O2. The molecule has 1 amide bonds. The molecule has 0 radical (unpaired) electrons. The second kappa shape index (κ2) is 7.02. The Labute approximate surface area is 158 Å². The second-order valence-corrected chi connectivity index (χ2v) is 7.23. The smallest absolute Gasteiger partial charge is 0.276 e. The molecule has 3 aromatic rings. The Hall–Kier alpha value is -2.89. The minimum atomic E-state index is -0.188. The van der Waals surface area contributed by atoms with E-state index in [0.717, 1.165) is 42.7 Å². The first-order valence-corrected chi connectivity index (χ1v) is 9.43. The third-order valence-electron chi connectivity index (χ3n) is 5.53. The maximum Gasteiger partial charge on any atom is 0.276 e. The molecule has 0 aliphatic carbocycles. The van der Waals surface area contributed by atoms with Crippen molar-refractivity contribution in [3.8, 4) is 0 Å². The molecule has 0 unspecified atom stereocenters. The Bertz CT molecular complexity index is 1040. The summed E-state index contributed by atoms with van der Waals surface area (Å²) in [6.45, 7) is 6.25. The van der Waals surface area contributed by atoms with E-state index in [1.165, 1.54) is 10.2 Å². The molecule has 1 fully saturated rings. The van der Waals surface area contributed by atoms with Gasteiger partial charge >= 0.3 is 0 Å². The highest BCUT2D eigenvalue weighted by Crippen LogP contribution is 2.23. The van der Waals surface area contributed by atoms with Gasteiger partial charge in [0.1, 0.15) is 6.54 Å². The fourth-order valence-electron chi connectivity index (χ4n) is 3.96. The van der Waals surface area contributed by atoms with E-state index in [9.17, 15) is 9.59 Å². The maximum atomic E-state index is 13.0. The zero-order valence-corrected chi connectivity index (χ0v) is 15.8. The van der Waals surface area contributed by atoms with Crippen LogP contribution in [-0.4, -0.2) is 38.2 Å². The topological polar surface area (TPSA) is 60.1 Å². The molecule has 1 saturated heterocycles. The molecule has 0 atom stereocenters. The number of carbonyl (C=O) groups is 1. The Morgan fingerprint density at radius 2 is 1.78 bits per heavy atom. The average Bonchev–Trinajstić information content (AvgIpc) is 3.29. The summed E-state index contributed by atoms with van der Waals surface area (Å²) in [5, 5.41) is 5.80. The molecule has 3 heterocycles. The summed E-state index contributed by atoms with van der Waals surface area (Å²) < 4.78 is 3.46. The maximum absolute atomic E-state index is 13.0. The van der Waals surface area contributed by atoms with Gasteiger partial charge in [-0.3, -0.25) is 9.59 Å². The largest absolute Gasteiger partial charge is 0.343 e. The van der Waals surface area contributed by atoms with Gasteiger partial charge in [-0.05, 0) is 32.3 Å². The normalized spacial score (nSPS) is 14.2. The van der Waals surface area contributed by atoms with Crippen LogP contribution >= 0.6 is 0 Å². The van der Waals surface area contributed by atoms with Crippen LogP contribution < -0.4 is 5.56 Å². The molecular weight excluding hydrogens is 340 g/mol. The van der Waals surface area contributed by atoms with Crippen molar-refractivity contribution in [2.24, 2.45) is 0 Å². The van der Waals surface area contributed by atoms with Crippen LogP contribution in [0.25, 0.3) is 10.8 Å². The first-order chi connectivity index (χ1) is 13.1. The summed E-state index contributed by atoms with van der Waals surface area (Å²) in [7, 11) is 0. The van der Waals surface area contributed by atoms with Crippen molar-refractivity contribution in [3.05, 3.63) is 63.8 Å². The number of hydrogen-bond donors (Lipinski definition) is 0. The van der Waals surface area contributed by atoms with Crippen molar-refractivity contribution in [3.63, 3.8) is 0 Å². The summed E-state index contributed by atoms with van der Waals surface area (Å²) in [5.41, 5.74) is 2.93. The number of benzene rings is 1. The number of aryl methyl sites for hydroxylation is 2. The highest BCUT2D eigenvalue weighted by Gasteiger charge is 2.21. The Kier molecular flexibility index (Phi) is 4.56. The molecule has 0 bridgehead atoms. The Balaban J connectivity index is 1.71. The standard InChI is InChI=1S/C21H24N4O2/c1-15-18-12-22-25(14-19(26)23-10-6-7-11-23)21(27)20(18)16(2)24(15)13-17-8-4-3-5-9-17/h3-5,8-9,12H,6-7,10-11,13-14H2,1-2H3. The third kappa shape index (κ3) is 3.16. The molecule has 140 valence electrons. The van der Waals surface area contributed by atoms with Gasteiger partial charge in [-0.2, -0.15) is 5.10 Å². The minimum Gasteiger partial charge on any atom is -0.343 e. The molecule has 27 heavy (non-hydrogen) atoms. The van der Waals surface area contributed by atoms with Crippen molar-refractivity contribution in [2.45, 2.75) is 39.8 Å². The molecule has 0 saturated carbocycles. The van der Waals surface area contributed by atoms with Crippen molar-refractivity contribution < 1.29 is 4.79 Å². The number of carbonyl (C=O) groups excluding carboxylic acids is 1. The lowest BCUT2D eigenvalue weighted by Crippen LogP contribution is -2.35. The number of rotatable bonds is 4. The molecule has 6 heteroatoms. The molecule has 4 rings (SSSR count). The lowest BCUT2D eigenvalue weighted by Gasteiger charge is -2.15. The zero-order valence-electron chi connectivity index (χ0n) is 15.8. The lowest BCUT2D eigenvalue weighted by atomic mass is 10.2. The van der Waals surface area contributed by atoms with Crippen LogP contribution in [0.2, 0.25) is 0 Å². The van der Waals surface area contributed by atoms with Gasteiger partial charge in [-0.1, -0.05) is 30.3 Å². The van der Waals surface area contributed by atoms with Gasteiger partial charge in [0.2, 0.25) is 5.91 Å². The van der Waals surface area contributed by atoms with Crippen molar-refractivity contribution in [2.75, 3.05) is 13.1 Å². The summed E-state index contributed by atoms with van der Waals surface area (Å²) in [5.74, 6) is -0.0282. The molecule has 1 aliphatic heterocycles. The minimum absolute atomic E-state index is 0.0110. The van der Waals surface area contributed by atoms with Crippen LogP contribution in [-0.2, 0) is 17.9 Å². The first kappa shape index (κ1) is 17.5. The van der Waals surface area contributed by atoms with Gasteiger partial charge in [0.25, 0.3) is 5.56 Å². The van der Waals surface area contributed by atoms with Crippen LogP contribution in [0.15, 0.2) is 41.3 Å². The summed E-state index contributed by atoms with van der Waals surface area (Å²) >= 11 is 0. The van der Waals surface area contributed by atoms with Crippen LogP contribution in [0.5, 0.6) is 0 Å². The highest BCUT2D eigenvalue weighted by atomic mass is 16.2. The van der Waals surface area contributed by atoms with Crippen LogP contribution in [0.1, 0.15) is 29.8 Å². The van der Waals surface area contributed by atoms with Crippen LogP contribution in [0, 0.1) is 13.8 Å². The zero-order chi connectivity index (χ0) is 19.0. The van der Waals surface area contributed by atoms with E-state index in [0.29, 0.717) is 11.9 Å². The quantitative estimate of drug-likeness (QED) is 0.715. The van der Waals surface area contributed by atoms with E-state index in [1.807, 2.05) is 36.9 Å². The van der Waals surface area contributed by atoms with Gasteiger partial charge in [0.05, 0.1) is 11.6 Å². The van der Waals surface area contributed by atoms with Crippen LogP contribution in [0.4, 0.5) is 0 Å². The Morgan fingerprint density at radius 3 is 2.48 bits per heavy atom. The number of likely N-dealkylation sites (tertiary alicyclic amines) is 1.